The van der Waals surface area contributed by atoms with Crippen molar-refractivity contribution < 1.29 is 0 Å². The lowest BCUT2D eigenvalue weighted by Gasteiger charge is -2.21. The Morgan fingerprint density at radius 1 is 0.767 bits per heavy atom. The van der Waals surface area contributed by atoms with Crippen molar-refractivity contribution in [2.45, 2.75) is 20.4 Å². The van der Waals surface area contributed by atoms with Gasteiger partial charge in [-0.25, -0.2) is 4.98 Å². The third kappa shape index (κ3) is 4.51. The molecule has 0 saturated carbocycles. The van der Waals surface area contributed by atoms with E-state index in [1.165, 1.54) is 11.3 Å². The number of aromatic nitrogens is 2. The van der Waals surface area contributed by atoms with Gasteiger partial charge in [-0.05, 0) is 55.8 Å². The first kappa shape index (κ1) is 19.7. The van der Waals surface area contributed by atoms with Gasteiger partial charge in [0.25, 0.3) is 0 Å². The van der Waals surface area contributed by atoms with Crippen molar-refractivity contribution in [1.29, 1.82) is 0 Å². The van der Waals surface area contributed by atoms with Crippen LogP contribution in [-0.2, 0) is 6.54 Å². The first-order valence-corrected chi connectivity index (χ1v) is 10.4. The molecule has 0 unspecified atom stereocenters. The highest BCUT2D eigenvalue weighted by Gasteiger charge is 2.08. The normalized spacial score (nSPS) is 10.7. The quantitative estimate of drug-likeness (QED) is 0.392. The van der Waals surface area contributed by atoms with Crippen LogP contribution in [0.2, 0.25) is 0 Å². The number of benzene rings is 3. The van der Waals surface area contributed by atoms with Gasteiger partial charge in [0.2, 0.25) is 5.95 Å². The van der Waals surface area contributed by atoms with Crippen LogP contribution in [0.25, 0.3) is 10.9 Å². The molecule has 0 aliphatic rings. The fourth-order valence-electron chi connectivity index (χ4n) is 3.52. The van der Waals surface area contributed by atoms with Gasteiger partial charge in [-0.3, -0.25) is 0 Å². The molecule has 4 aromatic rings. The van der Waals surface area contributed by atoms with Crippen LogP contribution in [-0.4, -0.2) is 23.1 Å². The summed E-state index contributed by atoms with van der Waals surface area (Å²) in [5.41, 5.74) is 4.30. The summed E-state index contributed by atoms with van der Waals surface area (Å²) in [7, 11) is 0. The zero-order chi connectivity index (χ0) is 20.8. The molecule has 30 heavy (non-hydrogen) atoms. The molecule has 5 heteroatoms. The van der Waals surface area contributed by atoms with Gasteiger partial charge in [0.1, 0.15) is 5.82 Å². The van der Waals surface area contributed by atoms with Gasteiger partial charge >= 0.3 is 0 Å². The molecule has 5 nitrogen and oxygen atoms in total. The Morgan fingerprint density at radius 2 is 1.47 bits per heavy atom. The molecular formula is C25H27N5. The van der Waals surface area contributed by atoms with E-state index in [2.05, 4.69) is 65.8 Å². The van der Waals surface area contributed by atoms with Crippen molar-refractivity contribution in [3.05, 3.63) is 84.4 Å². The summed E-state index contributed by atoms with van der Waals surface area (Å²) in [6, 6.07) is 26.8. The Bertz CT molecular complexity index is 1090. The molecule has 4 rings (SSSR count). The van der Waals surface area contributed by atoms with E-state index in [-0.39, 0.29) is 0 Å². The maximum Gasteiger partial charge on any atom is 0.229 e. The second-order valence-electron chi connectivity index (χ2n) is 7.10. The van der Waals surface area contributed by atoms with Gasteiger partial charge in [-0.1, -0.05) is 42.5 Å². The van der Waals surface area contributed by atoms with Crippen LogP contribution in [0.3, 0.4) is 0 Å². The number of rotatable bonds is 8. The largest absolute Gasteiger partial charge is 0.372 e. The van der Waals surface area contributed by atoms with Crippen molar-refractivity contribution in [3.8, 4) is 0 Å². The van der Waals surface area contributed by atoms with E-state index in [1.807, 2.05) is 42.5 Å². The molecule has 1 aromatic heterocycles. The minimum Gasteiger partial charge on any atom is -0.372 e. The average molecular weight is 398 g/mol. The summed E-state index contributed by atoms with van der Waals surface area (Å²) in [6.07, 6.45) is 0. The highest BCUT2D eigenvalue weighted by Crippen LogP contribution is 2.25. The highest BCUT2D eigenvalue weighted by molar-refractivity contribution is 5.90. The Kier molecular flexibility index (Phi) is 6.09. The Labute approximate surface area is 177 Å². The highest BCUT2D eigenvalue weighted by atomic mass is 15.1. The van der Waals surface area contributed by atoms with Crippen LogP contribution in [0, 0.1) is 0 Å². The SMILES string of the molecule is CCN(CC)c1ccc(Nc2nc(NCc3ccccc3)c3ccccc3n2)cc1. The summed E-state index contributed by atoms with van der Waals surface area (Å²) >= 11 is 0. The van der Waals surface area contributed by atoms with Crippen molar-refractivity contribution in [2.75, 3.05) is 28.6 Å². The summed E-state index contributed by atoms with van der Waals surface area (Å²) in [6.45, 7) is 7.03. The monoisotopic (exact) mass is 397 g/mol. The van der Waals surface area contributed by atoms with Crippen LogP contribution >= 0.6 is 0 Å². The first-order valence-electron chi connectivity index (χ1n) is 10.4. The summed E-state index contributed by atoms with van der Waals surface area (Å²) in [5, 5.41) is 7.84. The number of hydrogen-bond acceptors (Lipinski definition) is 5. The lowest BCUT2D eigenvalue weighted by molar-refractivity contribution is 0.866. The molecule has 3 aromatic carbocycles. The predicted molar refractivity (Wildman–Crippen MR) is 127 cm³/mol. The molecule has 0 radical (unpaired) electrons. The standard InChI is InChI=1S/C25H27N5/c1-3-30(4-2)21-16-14-20(15-17-21)27-25-28-23-13-9-8-12-22(23)24(29-25)26-18-19-10-6-5-7-11-19/h5-17H,3-4,18H2,1-2H3,(H2,26,27,28,29). The number of nitrogens with zero attached hydrogens (tertiary/aromatic N) is 3. The van der Waals surface area contributed by atoms with Crippen LogP contribution in [0.4, 0.5) is 23.1 Å². The zero-order valence-corrected chi connectivity index (χ0v) is 17.5. The molecule has 0 fully saturated rings. The number of para-hydroxylation sites is 1. The molecule has 0 bridgehead atoms. The van der Waals surface area contributed by atoms with E-state index in [1.54, 1.807) is 0 Å². The Morgan fingerprint density at radius 3 is 2.20 bits per heavy atom. The maximum atomic E-state index is 4.76. The lowest BCUT2D eigenvalue weighted by atomic mass is 10.2. The second kappa shape index (κ2) is 9.27. The van der Waals surface area contributed by atoms with E-state index < -0.39 is 0 Å². The maximum absolute atomic E-state index is 4.76. The minimum absolute atomic E-state index is 0.583. The van der Waals surface area contributed by atoms with Crippen molar-refractivity contribution >= 4 is 34.0 Å². The molecule has 0 spiro atoms. The number of hydrogen-bond donors (Lipinski definition) is 2. The van der Waals surface area contributed by atoms with Crippen molar-refractivity contribution in [1.82, 2.24) is 9.97 Å². The van der Waals surface area contributed by atoms with E-state index >= 15 is 0 Å². The van der Waals surface area contributed by atoms with E-state index in [0.717, 1.165) is 35.5 Å². The topological polar surface area (TPSA) is 53.1 Å². The van der Waals surface area contributed by atoms with Crippen LogP contribution in [0.1, 0.15) is 19.4 Å². The zero-order valence-electron chi connectivity index (χ0n) is 17.5. The van der Waals surface area contributed by atoms with E-state index in [0.29, 0.717) is 12.5 Å². The number of fused-ring (bicyclic) bond motifs is 1. The van der Waals surface area contributed by atoms with E-state index in [9.17, 15) is 0 Å². The molecule has 152 valence electrons. The summed E-state index contributed by atoms with van der Waals surface area (Å²) in [4.78, 5) is 11.8. The molecule has 0 amide bonds. The van der Waals surface area contributed by atoms with Gasteiger partial charge in [-0.15, -0.1) is 0 Å². The molecule has 0 atom stereocenters. The van der Waals surface area contributed by atoms with Crippen LogP contribution in [0.5, 0.6) is 0 Å². The first-order chi connectivity index (χ1) is 14.8. The smallest absolute Gasteiger partial charge is 0.229 e. The third-order valence-electron chi connectivity index (χ3n) is 5.16. The molecule has 0 aliphatic carbocycles. The number of anilines is 4. The van der Waals surface area contributed by atoms with Gasteiger partial charge in [0.15, 0.2) is 0 Å². The molecular weight excluding hydrogens is 370 g/mol. The van der Waals surface area contributed by atoms with Gasteiger partial charge < -0.3 is 15.5 Å². The second-order valence-corrected chi connectivity index (χ2v) is 7.10. The number of nitrogens with one attached hydrogen (secondary N) is 2. The van der Waals surface area contributed by atoms with Crippen molar-refractivity contribution in [3.63, 3.8) is 0 Å². The van der Waals surface area contributed by atoms with Gasteiger partial charge in [0, 0.05) is 36.4 Å². The fraction of sp³-hybridized carbons (Fsp3) is 0.200. The molecule has 1 heterocycles. The predicted octanol–water partition coefficient (Wildman–Crippen LogP) is 5.83. The van der Waals surface area contributed by atoms with Crippen LogP contribution < -0.4 is 15.5 Å². The Hall–Kier alpha value is -3.60. The van der Waals surface area contributed by atoms with Gasteiger partial charge in [-0.2, -0.15) is 4.98 Å². The fourth-order valence-corrected chi connectivity index (χ4v) is 3.52. The molecule has 0 aliphatic heterocycles. The molecule has 0 saturated heterocycles. The third-order valence-corrected chi connectivity index (χ3v) is 5.16. The average Bonchev–Trinajstić information content (AvgIpc) is 2.80. The minimum atomic E-state index is 0.583. The molecule has 2 N–H and O–H groups in total. The Balaban J connectivity index is 1.58. The van der Waals surface area contributed by atoms with Crippen molar-refractivity contribution in [2.24, 2.45) is 0 Å². The summed E-state index contributed by atoms with van der Waals surface area (Å²) in [5.74, 6) is 1.41. The van der Waals surface area contributed by atoms with E-state index in [4.69, 9.17) is 9.97 Å². The summed E-state index contributed by atoms with van der Waals surface area (Å²) < 4.78 is 0. The lowest BCUT2D eigenvalue weighted by Crippen LogP contribution is -2.21. The van der Waals surface area contributed by atoms with Gasteiger partial charge in [0.05, 0.1) is 5.52 Å². The van der Waals surface area contributed by atoms with Crippen LogP contribution in [0.15, 0.2) is 78.9 Å².